The summed E-state index contributed by atoms with van der Waals surface area (Å²) in [7, 11) is 0. The van der Waals surface area contributed by atoms with Crippen LogP contribution in [0.15, 0.2) is 109 Å². The predicted octanol–water partition coefficient (Wildman–Crippen LogP) is 7.76. The Bertz CT molecular complexity index is 2330. The van der Waals surface area contributed by atoms with Gasteiger partial charge in [0, 0.05) is 58.6 Å². The van der Waals surface area contributed by atoms with Crippen molar-refractivity contribution in [1.29, 1.82) is 0 Å². The fraction of sp³-hybridized carbons (Fsp3) is 0.143. The largest absolute Gasteiger partial charge is 0.508 e. The van der Waals surface area contributed by atoms with E-state index < -0.39 is 35.7 Å². The summed E-state index contributed by atoms with van der Waals surface area (Å²) in [5.41, 5.74) is 6.00. The van der Waals surface area contributed by atoms with Crippen molar-refractivity contribution in [1.82, 2.24) is 0 Å². The van der Waals surface area contributed by atoms with Crippen LogP contribution in [0.3, 0.4) is 0 Å². The van der Waals surface area contributed by atoms with Gasteiger partial charge in [0.25, 0.3) is 0 Å². The smallest absolute Gasteiger partial charge is 0.135 e. The minimum absolute atomic E-state index is 0.0537. The maximum Gasteiger partial charge on any atom is 0.135 e. The van der Waals surface area contributed by atoms with Crippen molar-refractivity contribution in [3.8, 4) is 51.7 Å². The summed E-state index contributed by atoms with van der Waals surface area (Å²) in [5.74, 6) is -3.02. The van der Waals surface area contributed by atoms with Crippen LogP contribution in [-0.4, -0.2) is 40.9 Å². The first-order chi connectivity index (χ1) is 24.6. The average molecular weight is 681 g/mol. The van der Waals surface area contributed by atoms with E-state index in [-0.39, 0.29) is 46.0 Å². The zero-order valence-electron chi connectivity index (χ0n) is 26.8. The first-order valence-corrected chi connectivity index (χ1v) is 16.6. The molecule has 0 unspecified atom stereocenters. The van der Waals surface area contributed by atoms with E-state index in [2.05, 4.69) is 0 Å². The van der Waals surface area contributed by atoms with E-state index in [0.717, 1.165) is 27.8 Å². The summed E-state index contributed by atoms with van der Waals surface area (Å²) in [6.07, 6.45) is -0.693. The highest BCUT2D eigenvalue weighted by molar-refractivity contribution is 5.72. The molecule has 0 spiro atoms. The molecule has 0 amide bonds. The Kier molecular flexibility index (Phi) is 6.60. The average Bonchev–Trinajstić information content (AvgIpc) is 3.60. The molecule has 9 heteroatoms. The lowest BCUT2D eigenvalue weighted by Gasteiger charge is -2.34. The SMILES string of the molecule is Oc1ccc([C@H]2c3c(O)cc(O)cc3[C@H]3c4c(cc(O)c5c4[C@@H]2[C@@H](c2ccc(O)cc2)[C@@H]5c2cc(O)cc(O)c2)O[C@@H]3c2ccc(O)cc2)cc1. The van der Waals surface area contributed by atoms with Crippen LogP contribution in [0.5, 0.6) is 51.7 Å². The maximum atomic E-state index is 12.1. The number of fused-ring (bicyclic) bond motifs is 2. The van der Waals surface area contributed by atoms with Crippen molar-refractivity contribution in [2.75, 3.05) is 0 Å². The van der Waals surface area contributed by atoms with Gasteiger partial charge in [0.05, 0.1) is 5.92 Å². The first-order valence-electron chi connectivity index (χ1n) is 16.6. The molecule has 9 rings (SSSR count). The van der Waals surface area contributed by atoms with E-state index >= 15 is 0 Å². The molecule has 1 aliphatic heterocycles. The van der Waals surface area contributed by atoms with Crippen LogP contribution in [-0.2, 0) is 0 Å². The van der Waals surface area contributed by atoms with Gasteiger partial charge < -0.3 is 45.6 Å². The number of hydrogen-bond acceptors (Lipinski definition) is 9. The Hall–Kier alpha value is -6.48. The maximum absolute atomic E-state index is 12.1. The van der Waals surface area contributed by atoms with E-state index in [4.69, 9.17) is 4.74 Å². The van der Waals surface area contributed by atoms with E-state index in [1.807, 2.05) is 12.1 Å². The quantitative estimate of drug-likeness (QED) is 0.0927. The fourth-order valence-electron chi connectivity index (χ4n) is 9.08. The molecule has 6 aromatic rings. The zero-order chi connectivity index (χ0) is 35.3. The summed E-state index contributed by atoms with van der Waals surface area (Å²) >= 11 is 0. The third-order valence-corrected chi connectivity index (χ3v) is 10.9. The first kappa shape index (κ1) is 30.6. The Morgan fingerprint density at radius 1 is 0.353 bits per heavy atom. The molecule has 0 fully saturated rings. The summed E-state index contributed by atoms with van der Waals surface area (Å²) < 4.78 is 6.70. The van der Waals surface area contributed by atoms with Crippen molar-refractivity contribution in [3.05, 3.63) is 159 Å². The number of hydrogen-bond donors (Lipinski definition) is 8. The van der Waals surface area contributed by atoms with E-state index in [0.29, 0.717) is 28.0 Å². The van der Waals surface area contributed by atoms with E-state index in [1.165, 1.54) is 12.1 Å². The molecular weight excluding hydrogens is 648 g/mol. The number of phenols is 8. The third-order valence-electron chi connectivity index (χ3n) is 10.9. The third kappa shape index (κ3) is 4.61. The van der Waals surface area contributed by atoms with Crippen molar-refractivity contribution in [2.45, 2.75) is 35.7 Å². The van der Waals surface area contributed by atoms with Crippen molar-refractivity contribution in [2.24, 2.45) is 0 Å². The Labute approximate surface area is 291 Å². The van der Waals surface area contributed by atoms with Crippen LogP contribution in [0.1, 0.15) is 85.8 Å². The molecule has 3 aliphatic rings. The van der Waals surface area contributed by atoms with Gasteiger partial charge in [-0.1, -0.05) is 36.4 Å². The zero-order valence-corrected chi connectivity index (χ0v) is 26.8. The lowest BCUT2D eigenvalue weighted by molar-refractivity contribution is 0.221. The standard InChI is InChI=1S/C42H32O9/c43-23-7-1-19(2-8-23)33-35(22-13-26(46)15-27(47)14-22)38-31(50)18-32-39-37(42(51-32)21-5-11-25(45)12-6-21)29-16-28(48)17-30(49)36(29)34(40(33)41(38)39)20-3-9-24(44)10-4-20/h1-18,33-35,37,40,42-50H/t33-,34-,35-,37-,40+,42+/m0/s1. The predicted molar refractivity (Wildman–Crippen MR) is 186 cm³/mol. The molecule has 1 heterocycles. The minimum Gasteiger partial charge on any atom is -0.508 e. The van der Waals surface area contributed by atoms with Crippen LogP contribution < -0.4 is 4.74 Å². The number of rotatable bonds is 4. The molecule has 0 aromatic heterocycles. The molecule has 6 aromatic carbocycles. The number of benzene rings is 6. The van der Waals surface area contributed by atoms with Gasteiger partial charge in [-0.2, -0.15) is 0 Å². The van der Waals surface area contributed by atoms with Gasteiger partial charge in [0.15, 0.2) is 0 Å². The van der Waals surface area contributed by atoms with Gasteiger partial charge >= 0.3 is 0 Å². The van der Waals surface area contributed by atoms with Gasteiger partial charge in [0.2, 0.25) is 0 Å². The second-order valence-electron chi connectivity index (χ2n) is 13.7. The van der Waals surface area contributed by atoms with Crippen molar-refractivity contribution < 1.29 is 45.6 Å². The molecule has 0 saturated carbocycles. The fourth-order valence-corrected chi connectivity index (χ4v) is 9.08. The van der Waals surface area contributed by atoms with Crippen LogP contribution in [0.4, 0.5) is 0 Å². The Balaban J connectivity index is 1.44. The molecular formula is C42H32O9. The lowest BCUT2D eigenvalue weighted by Crippen LogP contribution is -2.20. The van der Waals surface area contributed by atoms with Gasteiger partial charge in [-0.05, 0) is 88.0 Å². The number of aromatic hydroxyl groups is 8. The highest BCUT2D eigenvalue weighted by Gasteiger charge is 2.56. The van der Waals surface area contributed by atoms with Gasteiger partial charge in [-0.3, -0.25) is 0 Å². The lowest BCUT2D eigenvalue weighted by atomic mass is 9.69. The molecule has 6 atom stereocenters. The molecule has 0 radical (unpaired) electrons. The van der Waals surface area contributed by atoms with Crippen LogP contribution in [0.25, 0.3) is 0 Å². The second kappa shape index (κ2) is 11.0. The topological polar surface area (TPSA) is 171 Å². The Morgan fingerprint density at radius 2 is 0.863 bits per heavy atom. The van der Waals surface area contributed by atoms with Crippen molar-refractivity contribution >= 4 is 0 Å². The summed E-state index contributed by atoms with van der Waals surface area (Å²) in [6.45, 7) is 0. The Morgan fingerprint density at radius 3 is 1.47 bits per heavy atom. The molecule has 51 heavy (non-hydrogen) atoms. The van der Waals surface area contributed by atoms with Crippen LogP contribution in [0, 0.1) is 0 Å². The normalized spacial score (nSPS) is 22.5. The number of ether oxygens (including phenoxy) is 1. The highest BCUT2D eigenvalue weighted by Crippen LogP contribution is 2.70. The molecule has 9 nitrogen and oxygen atoms in total. The monoisotopic (exact) mass is 680 g/mol. The molecule has 2 aliphatic carbocycles. The molecule has 0 bridgehead atoms. The van der Waals surface area contributed by atoms with E-state index in [1.54, 1.807) is 84.9 Å². The number of phenolic OH excluding ortho intramolecular Hbond substituents is 8. The van der Waals surface area contributed by atoms with Gasteiger partial charge in [-0.15, -0.1) is 0 Å². The van der Waals surface area contributed by atoms with E-state index in [9.17, 15) is 40.9 Å². The van der Waals surface area contributed by atoms with Gasteiger partial charge in [0.1, 0.15) is 57.8 Å². The molecule has 0 saturated heterocycles. The summed E-state index contributed by atoms with van der Waals surface area (Å²) in [6, 6.07) is 29.1. The second-order valence-corrected chi connectivity index (χ2v) is 13.7. The molecule has 254 valence electrons. The van der Waals surface area contributed by atoms with Crippen molar-refractivity contribution in [3.63, 3.8) is 0 Å². The summed E-state index contributed by atoms with van der Waals surface area (Å²) in [5, 5.41) is 87.5. The van der Waals surface area contributed by atoms with Gasteiger partial charge in [-0.25, -0.2) is 0 Å². The molecule has 8 N–H and O–H groups in total. The highest BCUT2D eigenvalue weighted by atomic mass is 16.5. The summed E-state index contributed by atoms with van der Waals surface area (Å²) in [4.78, 5) is 0. The van der Waals surface area contributed by atoms with Crippen LogP contribution in [0.2, 0.25) is 0 Å². The van der Waals surface area contributed by atoms with Crippen LogP contribution >= 0.6 is 0 Å². The minimum atomic E-state index is -0.693.